The van der Waals surface area contributed by atoms with Crippen LogP contribution < -0.4 is 14.2 Å². The molecule has 300 valence electrons. The number of hydrogen-bond donors (Lipinski definition) is 3. The zero-order valence-corrected chi connectivity index (χ0v) is 30.7. The van der Waals surface area contributed by atoms with Crippen LogP contribution in [0, 0.1) is 17.8 Å². The molecular formula is C40H50O15. The van der Waals surface area contributed by atoms with Crippen LogP contribution in [0.15, 0.2) is 73.8 Å². The predicted molar refractivity (Wildman–Crippen MR) is 196 cm³/mol. The molecule has 0 amide bonds. The van der Waals surface area contributed by atoms with Crippen LogP contribution in [-0.2, 0) is 43.0 Å². The third kappa shape index (κ3) is 19.2. The van der Waals surface area contributed by atoms with Gasteiger partial charge < -0.3 is 43.7 Å². The van der Waals surface area contributed by atoms with E-state index < -0.39 is 23.9 Å². The number of carbonyl (C=O) groups excluding carboxylic acids is 4. The van der Waals surface area contributed by atoms with Gasteiger partial charge in [0.2, 0.25) is 0 Å². The normalized spacial score (nSPS) is 18.5. The van der Waals surface area contributed by atoms with Gasteiger partial charge in [0.1, 0.15) is 29.1 Å². The van der Waals surface area contributed by atoms with Gasteiger partial charge in [-0.15, -0.1) is 0 Å². The third-order valence-electron chi connectivity index (χ3n) is 8.50. The lowest BCUT2D eigenvalue weighted by Gasteiger charge is -2.24. The third-order valence-corrected chi connectivity index (χ3v) is 8.50. The minimum atomic E-state index is -0.795. The maximum atomic E-state index is 12.2. The van der Waals surface area contributed by atoms with E-state index in [1.807, 2.05) is 0 Å². The maximum Gasteiger partial charge on any atom is 0.330 e. The Labute approximate surface area is 319 Å². The molecule has 55 heavy (non-hydrogen) atoms. The zero-order chi connectivity index (χ0) is 40.4. The Kier molecular flexibility index (Phi) is 21.4. The summed E-state index contributed by atoms with van der Waals surface area (Å²) >= 11 is 0. The fraction of sp³-hybridized carbons (Fsp3) is 0.450. The lowest BCUT2D eigenvalue weighted by Crippen LogP contribution is -2.28. The molecule has 2 aliphatic rings. The molecule has 0 unspecified atom stereocenters. The number of hydrogen-bond acceptors (Lipinski definition) is 13. The fourth-order valence-corrected chi connectivity index (χ4v) is 5.41. The molecule has 2 fully saturated rings. The van der Waals surface area contributed by atoms with Gasteiger partial charge in [0.15, 0.2) is 0 Å². The van der Waals surface area contributed by atoms with Crippen molar-refractivity contribution < 1.29 is 72.5 Å². The van der Waals surface area contributed by atoms with Gasteiger partial charge in [0.05, 0.1) is 44.2 Å². The summed E-state index contributed by atoms with van der Waals surface area (Å²) in [4.78, 5) is 65.2. The molecule has 4 rings (SSSR count). The minimum Gasteiger partial charge on any atom is -0.508 e. The first-order valence-electron chi connectivity index (χ1n) is 17.9. The van der Waals surface area contributed by atoms with Crippen molar-refractivity contribution in [1.82, 2.24) is 0 Å². The first-order chi connectivity index (χ1) is 26.4. The number of carboxylic acid groups (broad SMARTS) is 2. The molecule has 0 saturated heterocycles. The molecule has 0 bridgehead atoms. The summed E-state index contributed by atoms with van der Waals surface area (Å²) in [7, 11) is 0. The van der Waals surface area contributed by atoms with Crippen LogP contribution in [-0.4, -0.2) is 84.2 Å². The standard InChI is InChI=1S/C20H24O7.C12H14O4.C8H12O4/c1-2-18(21)26-13-3-12-25-16-8-10-17(11-9-16)27-20(24)15-6-4-14(5-7-15)19(22)23;1-2-12(14)16-9-3-8-15-11-6-4-10(13)5-7-11;9-5-12-7-3-1-6(2-4-7)8(10)11/h2,8-11,14-15H,1,3-7,12-13H2,(H,22,23);2,4-7,13H,1,3,8-9H2;5-7H,1-4H2,(H,10,11). The molecule has 0 radical (unpaired) electrons. The highest BCUT2D eigenvalue weighted by Crippen LogP contribution is 2.30. The van der Waals surface area contributed by atoms with Gasteiger partial charge in [0, 0.05) is 25.0 Å². The Morgan fingerprint density at radius 1 is 0.600 bits per heavy atom. The van der Waals surface area contributed by atoms with Gasteiger partial charge in [-0.05, 0) is 99.9 Å². The predicted octanol–water partition coefficient (Wildman–Crippen LogP) is 5.67. The van der Waals surface area contributed by atoms with Crippen molar-refractivity contribution in [2.45, 2.75) is 70.3 Å². The van der Waals surface area contributed by atoms with Gasteiger partial charge in [-0.25, -0.2) is 9.59 Å². The minimum absolute atomic E-state index is 0.0573. The van der Waals surface area contributed by atoms with Crippen molar-refractivity contribution in [3.63, 3.8) is 0 Å². The Morgan fingerprint density at radius 3 is 1.42 bits per heavy atom. The van der Waals surface area contributed by atoms with Crippen LogP contribution in [0.4, 0.5) is 0 Å². The van der Waals surface area contributed by atoms with E-state index in [0.29, 0.717) is 108 Å². The Balaban J connectivity index is 0.000000315. The number of phenols is 1. The van der Waals surface area contributed by atoms with Gasteiger partial charge in [-0.1, -0.05) is 13.2 Å². The van der Waals surface area contributed by atoms with Gasteiger partial charge in [-0.2, -0.15) is 0 Å². The van der Waals surface area contributed by atoms with Gasteiger partial charge >= 0.3 is 29.8 Å². The molecule has 0 heterocycles. The average Bonchev–Trinajstić information content (AvgIpc) is 3.19. The van der Waals surface area contributed by atoms with E-state index in [9.17, 15) is 28.8 Å². The van der Waals surface area contributed by atoms with Crippen LogP contribution in [0.1, 0.15) is 64.2 Å². The first-order valence-corrected chi connectivity index (χ1v) is 17.9. The molecule has 0 spiro atoms. The summed E-state index contributed by atoms with van der Waals surface area (Å²) in [6.45, 7) is 8.43. The number of rotatable bonds is 18. The number of benzene rings is 2. The van der Waals surface area contributed by atoms with Crippen LogP contribution in [0.3, 0.4) is 0 Å². The molecule has 2 saturated carbocycles. The van der Waals surface area contributed by atoms with E-state index in [0.717, 1.165) is 12.2 Å². The number of aromatic hydroxyl groups is 1. The summed E-state index contributed by atoms with van der Waals surface area (Å²) in [5.74, 6) is -1.67. The molecule has 15 nitrogen and oxygen atoms in total. The van der Waals surface area contributed by atoms with E-state index in [4.69, 9.17) is 43.7 Å². The number of carboxylic acids is 2. The average molecular weight is 771 g/mol. The van der Waals surface area contributed by atoms with E-state index in [2.05, 4.69) is 13.2 Å². The molecular weight excluding hydrogens is 720 g/mol. The smallest absolute Gasteiger partial charge is 0.330 e. The van der Waals surface area contributed by atoms with Crippen molar-refractivity contribution in [1.29, 1.82) is 0 Å². The first kappa shape index (κ1) is 45.3. The lowest BCUT2D eigenvalue weighted by atomic mass is 9.82. The topological polar surface area (TPSA) is 218 Å². The quantitative estimate of drug-likeness (QED) is 0.0415. The van der Waals surface area contributed by atoms with Crippen molar-refractivity contribution in [3.8, 4) is 23.0 Å². The van der Waals surface area contributed by atoms with E-state index in [1.54, 1.807) is 48.5 Å². The molecule has 2 aliphatic carbocycles. The monoisotopic (exact) mass is 770 g/mol. The summed E-state index contributed by atoms with van der Waals surface area (Å²) in [5, 5.41) is 26.7. The molecule has 0 aromatic heterocycles. The van der Waals surface area contributed by atoms with Crippen molar-refractivity contribution in [2.24, 2.45) is 17.8 Å². The summed E-state index contributed by atoms with van der Waals surface area (Å²) in [5.41, 5.74) is 0. The lowest BCUT2D eigenvalue weighted by molar-refractivity contribution is -0.146. The number of carbonyl (C=O) groups is 6. The second kappa shape index (κ2) is 26.0. The van der Waals surface area contributed by atoms with E-state index in [1.165, 1.54) is 0 Å². The largest absolute Gasteiger partial charge is 0.508 e. The van der Waals surface area contributed by atoms with E-state index >= 15 is 0 Å². The molecule has 15 heteroatoms. The van der Waals surface area contributed by atoms with Crippen molar-refractivity contribution >= 4 is 36.3 Å². The second-order valence-electron chi connectivity index (χ2n) is 12.5. The number of ether oxygens (including phenoxy) is 6. The highest BCUT2D eigenvalue weighted by molar-refractivity contribution is 5.81. The number of esters is 3. The summed E-state index contributed by atoms with van der Waals surface area (Å²) in [6, 6.07) is 13.1. The Bertz CT molecular complexity index is 1500. The van der Waals surface area contributed by atoms with Gasteiger partial charge in [0.25, 0.3) is 6.47 Å². The fourth-order valence-electron chi connectivity index (χ4n) is 5.41. The van der Waals surface area contributed by atoms with Crippen LogP contribution in [0.25, 0.3) is 0 Å². The van der Waals surface area contributed by atoms with Crippen LogP contribution in [0.5, 0.6) is 23.0 Å². The molecule has 3 N–H and O–H groups in total. The van der Waals surface area contributed by atoms with Crippen molar-refractivity contribution in [2.75, 3.05) is 26.4 Å². The molecule has 0 atom stereocenters. The maximum absolute atomic E-state index is 12.2. The summed E-state index contributed by atoms with van der Waals surface area (Å²) in [6.07, 6.45) is 8.01. The highest BCUT2D eigenvalue weighted by Gasteiger charge is 2.31. The Hall–Kier alpha value is -5.86. The second-order valence-corrected chi connectivity index (χ2v) is 12.5. The zero-order valence-electron chi connectivity index (χ0n) is 30.7. The van der Waals surface area contributed by atoms with Crippen molar-refractivity contribution in [3.05, 3.63) is 73.8 Å². The Morgan fingerprint density at radius 2 is 1.00 bits per heavy atom. The van der Waals surface area contributed by atoms with Crippen LogP contribution in [0.2, 0.25) is 0 Å². The molecule has 0 aliphatic heterocycles. The molecule has 2 aromatic rings. The van der Waals surface area contributed by atoms with Crippen LogP contribution >= 0.6 is 0 Å². The van der Waals surface area contributed by atoms with Gasteiger partial charge in [-0.3, -0.25) is 19.2 Å². The summed E-state index contributed by atoms with van der Waals surface area (Å²) < 4.78 is 30.6. The molecule has 2 aromatic carbocycles. The van der Waals surface area contributed by atoms with E-state index in [-0.39, 0.29) is 42.2 Å². The highest BCUT2D eigenvalue weighted by atomic mass is 16.5. The number of phenolic OH excluding ortho intramolecular Hbond substituents is 1. The number of aliphatic carboxylic acids is 2. The SMILES string of the molecule is C=CC(=O)OCCCOc1ccc(O)cc1.C=CC(=O)OCCCOc1ccc(OC(=O)C2CCC(C(=O)O)CC2)cc1.O=COC1CCC(C(=O)O)CC1.